The fourth-order valence-electron chi connectivity index (χ4n) is 4.43. The van der Waals surface area contributed by atoms with E-state index in [0.717, 1.165) is 35.9 Å². The van der Waals surface area contributed by atoms with Crippen LogP contribution in [-0.2, 0) is 11.0 Å². The molecule has 0 spiro atoms. The lowest BCUT2D eigenvalue weighted by Crippen LogP contribution is -2.41. The zero-order valence-corrected chi connectivity index (χ0v) is 17.7. The highest BCUT2D eigenvalue weighted by Gasteiger charge is 2.40. The maximum absolute atomic E-state index is 13.0. The topological polar surface area (TPSA) is 66.5 Å². The average Bonchev–Trinajstić information content (AvgIpc) is 3.00. The lowest BCUT2D eigenvalue weighted by atomic mass is 9.78. The molecule has 1 aliphatic heterocycles. The zero-order chi connectivity index (χ0) is 23.0. The van der Waals surface area contributed by atoms with Crippen LogP contribution >= 0.6 is 11.6 Å². The third-order valence-electron chi connectivity index (χ3n) is 6.09. The highest BCUT2D eigenvalue weighted by molar-refractivity contribution is 6.33. The van der Waals surface area contributed by atoms with Crippen molar-refractivity contribution in [2.24, 2.45) is 11.8 Å². The van der Waals surface area contributed by atoms with E-state index in [1.165, 1.54) is 0 Å². The first kappa shape index (κ1) is 22.3. The lowest BCUT2D eigenvalue weighted by Gasteiger charge is -2.33. The van der Waals surface area contributed by atoms with E-state index in [9.17, 15) is 27.6 Å². The summed E-state index contributed by atoms with van der Waals surface area (Å²) in [7, 11) is 0. The van der Waals surface area contributed by atoms with Crippen molar-refractivity contribution in [3.63, 3.8) is 0 Å². The highest BCUT2D eigenvalue weighted by Crippen LogP contribution is 2.37. The molecule has 3 amide bonds. The smallest absolute Gasteiger partial charge is 0.325 e. The number of carbonyl (C=O) groups excluding carboxylic acids is 3. The van der Waals surface area contributed by atoms with Crippen LogP contribution in [0.25, 0.3) is 0 Å². The number of nitrogens with one attached hydrogen (secondary N) is 1. The van der Waals surface area contributed by atoms with Crippen molar-refractivity contribution in [2.75, 3.05) is 11.9 Å². The van der Waals surface area contributed by atoms with Crippen molar-refractivity contribution in [1.29, 1.82) is 0 Å². The van der Waals surface area contributed by atoms with Gasteiger partial charge in [0.15, 0.2) is 0 Å². The molecule has 0 bridgehead atoms. The van der Waals surface area contributed by atoms with Gasteiger partial charge in [-0.25, -0.2) is 0 Å². The molecule has 2 aromatic carbocycles. The van der Waals surface area contributed by atoms with Gasteiger partial charge in [0.2, 0.25) is 5.91 Å². The summed E-state index contributed by atoms with van der Waals surface area (Å²) in [6, 6.07) is 9.31. The molecule has 1 saturated carbocycles. The van der Waals surface area contributed by atoms with Crippen LogP contribution in [0.3, 0.4) is 0 Å². The van der Waals surface area contributed by atoms with Gasteiger partial charge < -0.3 is 5.32 Å². The molecule has 9 heteroatoms. The monoisotopic (exact) mass is 464 g/mol. The van der Waals surface area contributed by atoms with Crippen LogP contribution < -0.4 is 5.32 Å². The minimum atomic E-state index is -4.57. The second kappa shape index (κ2) is 8.58. The van der Waals surface area contributed by atoms with Crippen molar-refractivity contribution < 1.29 is 27.6 Å². The molecule has 2 aromatic rings. The Labute approximate surface area is 187 Å². The second-order valence-corrected chi connectivity index (χ2v) is 8.51. The number of alkyl halides is 3. The Kier molecular flexibility index (Phi) is 5.99. The average molecular weight is 465 g/mol. The van der Waals surface area contributed by atoms with Gasteiger partial charge in [0.1, 0.15) is 0 Å². The summed E-state index contributed by atoms with van der Waals surface area (Å²) in [5.41, 5.74) is -0.352. The van der Waals surface area contributed by atoms with Crippen LogP contribution in [0.1, 0.15) is 52.0 Å². The maximum Gasteiger partial charge on any atom is 0.416 e. The van der Waals surface area contributed by atoms with Gasteiger partial charge in [-0.05, 0) is 49.1 Å². The molecular weight excluding hydrogens is 445 g/mol. The summed E-state index contributed by atoms with van der Waals surface area (Å²) in [6.07, 6.45) is -1.82. The highest BCUT2D eigenvalue weighted by atomic mass is 35.5. The number of fused-ring (bicyclic) bond motifs is 1. The van der Waals surface area contributed by atoms with Crippen molar-refractivity contribution in [1.82, 2.24) is 4.90 Å². The van der Waals surface area contributed by atoms with E-state index in [2.05, 4.69) is 5.32 Å². The van der Waals surface area contributed by atoms with Gasteiger partial charge in [-0.2, -0.15) is 13.2 Å². The Morgan fingerprint density at radius 1 is 1.03 bits per heavy atom. The van der Waals surface area contributed by atoms with Crippen LogP contribution in [0.5, 0.6) is 0 Å². The summed E-state index contributed by atoms with van der Waals surface area (Å²) in [6.45, 7) is 0.0841. The first-order valence-electron chi connectivity index (χ1n) is 10.3. The Hall–Kier alpha value is -2.87. The molecule has 4 rings (SSSR count). The van der Waals surface area contributed by atoms with Crippen LogP contribution in [0.4, 0.5) is 18.9 Å². The third kappa shape index (κ3) is 4.24. The summed E-state index contributed by atoms with van der Waals surface area (Å²) in [5.74, 6) is -2.10. The van der Waals surface area contributed by atoms with Gasteiger partial charge in [-0.3, -0.25) is 19.3 Å². The number of rotatable bonds is 4. The molecule has 0 aromatic heterocycles. The van der Waals surface area contributed by atoms with Crippen LogP contribution in [-0.4, -0.2) is 29.2 Å². The molecule has 32 heavy (non-hydrogen) atoms. The third-order valence-corrected chi connectivity index (χ3v) is 6.42. The van der Waals surface area contributed by atoms with Gasteiger partial charge in [0.25, 0.3) is 11.8 Å². The van der Waals surface area contributed by atoms with Crippen molar-refractivity contribution in [2.45, 2.75) is 31.9 Å². The minimum absolute atomic E-state index is 0.000873. The molecule has 0 saturated heterocycles. The van der Waals surface area contributed by atoms with Crippen molar-refractivity contribution in [3.8, 4) is 0 Å². The van der Waals surface area contributed by atoms with E-state index in [0.29, 0.717) is 24.0 Å². The molecule has 1 fully saturated rings. The number of hydrogen-bond donors (Lipinski definition) is 1. The molecule has 2 aliphatic rings. The number of anilines is 1. The van der Waals surface area contributed by atoms with Gasteiger partial charge >= 0.3 is 6.18 Å². The number of nitrogens with zero attached hydrogens (tertiary/aromatic N) is 1. The summed E-state index contributed by atoms with van der Waals surface area (Å²) in [5, 5.41) is 2.53. The molecule has 5 nitrogen and oxygen atoms in total. The molecule has 1 heterocycles. The Morgan fingerprint density at radius 3 is 2.28 bits per heavy atom. The van der Waals surface area contributed by atoms with E-state index < -0.39 is 35.4 Å². The normalized spacial score (nSPS) is 20.9. The first-order valence-corrected chi connectivity index (χ1v) is 10.7. The fraction of sp³-hybridized carbons (Fsp3) is 0.348. The van der Waals surface area contributed by atoms with E-state index in [4.69, 9.17) is 11.6 Å². The molecule has 1 aliphatic carbocycles. The number of amides is 3. The van der Waals surface area contributed by atoms with Crippen molar-refractivity contribution in [3.05, 3.63) is 64.2 Å². The van der Waals surface area contributed by atoms with Crippen LogP contribution in [0, 0.1) is 11.8 Å². The first-order chi connectivity index (χ1) is 15.2. The Bertz CT molecular complexity index is 1050. The Balaban J connectivity index is 1.52. The zero-order valence-electron chi connectivity index (χ0n) is 16.9. The Morgan fingerprint density at radius 2 is 1.66 bits per heavy atom. The van der Waals surface area contributed by atoms with E-state index in [1.807, 2.05) is 0 Å². The van der Waals surface area contributed by atoms with Crippen LogP contribution in [0.2, 0.25) is 5.02 Å². The predicted octanol–water partition coefficient (Wildman–Crippen LogP) is 5.40. The second-order valence-electron chi connectivity index (χ2n) is 8.10. The minimum Gasteiger partial charge on any atom is -0.325 e. The summed E-state index contributed by atoms with van der Waals surface area (Å²) in [4.78, 5) is 39.6. The van der Waals surface area contributed by atoms with Gasteiger partial charge in [0, 0.05) is 12.5 Å². The number of hydrogen-bond acceptors (Lipinski definition) is 3. The predicted molar refractivity (Wildman–Crippen MR) is 112 cm³/mol. The van der Waals surface area contributed by atoms with Gasteiger partial charge in [-0.15, -0.1) is 0 Å². The number of imide groups is 1. The number of halogens is 4. The molecule has 2 unspecified atom stereocenters. The van der Waals surface area contributed by atoms with Gasteiger partial charge in [0.05, 0.1) is 27.4 Å². The van der Waals surface area contributed by atoms with Crippen molar-refractivity contribution >= 4 is 35.0 Å². The standard InChI is InChI=1S/C23H20ClF3N2O3/c24-18-10-9-14(23(25,26)27)11-19(18)28-20(30)15-6-2-1-5-13(15)12-29-21(31)16-7-3-4-8-17(16)22(29)32/h3-4,7-11,13,15H,1-2,5-6,12H2,(H,28,30). The molecule has 1 N–H and O–H groups in total. The van der Waals surface area contributed by atoms with Crippen LogP contribution in [0.15, 0.2) is 42.5 Å². The van der Waals surface area contributed by atoms with E-state index in [1.54, 1.807) is 24.3 Å². The van der Waals surface area contributed by atoms with E-state index >= 15 is 0 Å². The quantitative estimate of drug-likeness (QED) is 0.616. The summed E-state index contributed by atoms with van der Waals surface area (Å²) < 4.78 is 39.1. The lowest BCUT2D eigenvalue weighted by molar-refractivity contribution is -0.137. The fourth-order valence-corrected chi connectivity index (χ4v) is 4.60. The number of carbonyl (C=O) groups is 3. The molecular formula is C23H20ClF3N2O3. The largest absolute Gasteiger partial charge is 0.416 e. The van der Waals surface area contributed by atoms with E-state index in [-0.39, 0.29) is 23.2 Å². The maximum atomic E-state index is 13.0. The molecule has 2 atom stereocenters. The van der Waals surface area contributed by atoms with Gasteiger partial charge in [-0.1, -0.05) is 36.6 Å². The summed E-state index contributed by atoms with van der Waals surface area (Å²) >= 11 is 6.01. The molecule has 168 valence electrons. The number of benzene rings is 2. The molecule has 0 radical (unpaired) electrons. The SMILES string of the molecule is O=C(Nc1cc(C(F)(F)F)ccc1Cl)C1CCCCC1CN1C(=O)c2ccccc2C1=O.